The molecule has 2 bridgehead atoms. The second-order valence-electron chi connectivity index (χ2n) is 10.2. The standard InChI is InChI=1S/C30H25Cl2IN2O3/c31-29-20-8-3-4-9-21(20)30(32,23-11-6-5-10-22(23)29)26-25(29)27(37)35(28(26)38)17-7-1-2-12-24(36)34-19-15-13-18(33)14-16-19/h3-6,8-11,13-16,25-26H,1-2,7,12,17H2,(H,34,36)/t25-,26+,29?,30?. The Bertz CT molecular complexity index is 1340. The number of nitrogens with zero attached hydrogens (tertiary/aromatic N) is 1. The number of carbonyl (C=O) groups is 3. The quantitative estimate of drug-likeness (QED) is 0.139. The van der Waals surface area contributed by atoms with Crippen molar-refractivity contribution in [3.05, 3.63) is 98.6 Å². The molecule has 2 atom stereocenters. The number of rotatable bonds is 7. The highest BCUT2D eigenvalue weighted by molar-refractivity contribution is 14.1. The van der Waals surface area contributed by atoms with E-state index < -0.39 is 21.6 Å². The zero-order valence-electron chi connectivity index (χ0n) is 20.4. The Balaban J connectivity index is 1.16. The van der Waals surface area contributed by atoms with Crippen molar-refractivity contribution in [3.8, 4) is 0 Å². The molecule has 0 spiro atoms. The van der Waals surface area contributed by atoms with Gasteiger partial charge in [0.05, 0.1) is 11.8 Å². The molecule has 8 heteroatoms. The van der Waals surface area contributed by atoms with Gasteiger partial charge in [-0.2, -0.15) is 0 Å². The smallest absolute Gasteiger partial charge is 0.235 e. The van der Waals surface area contributed by atoms with E-state index in [0.717, 1.165) is 31.5 Å². The molecule has 3 aliphatic carbocycles. The first kappa shape index (κ1) is 25.8. The van der Waals surface area contributed by atoms with Crippen LogP contribution in [0.5, 0.6) is 0 Å². The molecule has 5 nitrogen and oxygen atoms in total. The third-order valence-corrected chi connectivity index (χ3v) is 10.1. The van der Waals surface area contributed by atoms with E-state index in [2.05, 4.69) is 27.9 Å². The van der Waals surface area contributed by atoms with Crippen LogP contribution in [-0.4, -0.2) is 29.2 Å². The summed E-state index contributed by atoms with van der Waals surface area (Å²) < 4.78 is 1.10. The summed E-state index contributed by atoms with van der Waals surface area (Å²) in [6, 6.07) is 22.9. The highest BCUT2D eigenvalue weighted by Gasteiger charge is 2.72. The van der Waals surface area contributed by atoms with Gasteiger partial charge >= 0.3 is 0 Å². The second-order valence-corrected chi connectivity index (χ2v) is 12.6. The Morgan fingerprint density at radius 3 is 1.71 bits per heavy atom. The summed E-state index contributed by atoms with van der Waals surface area (Å²) in [6.07, 6.45) is 2.36. The summed E-state index contributed by atoms with van der Waals surface area (Å²) >= 11 is 17.1. The van der Waals surface area contributed by atoms with Crippen molar-refractivity contribution in [1.82, 2.24) is 4.90 Å². The van der Waals surface area contributed by atoms with Crippen molar-refractivity contribution in [3.63, 3.8) is 0 Å². The number of imide groups is 1. The SMILES string of the molecule is O=C(CCCCCN1C(=O)[C@@H]2[C@H](C1=O)C1(Cl)c3ccccc3C2(Cl)c2ccccc21)Nc1ccc(I)cc1. The Morgan fingerprint density at radius 1 is 0.763 bits per heavy atom. The summed E-state index contributed by atoms with van der Waals surface area (Å²) in [5.74, 6) is -2.11. The van der Waals surface area contributed by atoms with Crippen molar-refractivity contribution in [1.29, 1.82) is 0 Å². The predicted molar refractivity (Wildman–Crippen MR) is 156 cm³/mol. The number of halogens is 3. The van der Waals surface area contributed by atoms with Crippen LogP contribution in [-0.2, 0) is 24.1 Å². The van der Waals surface area contributed by atoms with E-state index in [1.54, 1.807) is 0 Å². The van der Waals surface area contributed by atoms with E-state index in [-0.39, 0.29) is 24.3 Å². The van der Waals surface area contributed by atoms with Crippen LogP contribution < -0.4 is 5.32 Å². The molecule has 0 saturated carbocycles. The predicted octanol–water partition coefficient (Wildman–Crippen LogP) is 6.38. The number of hydrogen-bond donors (Lipinski definition) is 1. The van der Waals surface area contributed by atoms with Crippen molar-refractivity contribution in [2.45, 2.75) is 35.4 Å². The van der Waals surface area contributed by atoms with Gasteiger partial charge in [0, 0.05) is 22.2 Å². The lowest BCUT2D eigenvalue weighted by Crippen LogP contribution is -2.57. The van der Waals surface area contributed by atoms with Crippen molar-refractivity contribution >= 4 is 69.2 Å². The van der Waals surface area contributed by atoms with Crippen LogP contribution in [0.3, 0.4) is 0 Å². The van der Waals surface area contributed by atoms with Crippen LogP contribution >= 0.6 is 45.8 Å². The maximum Gasteiger partial charge on any atom is 0.235 e. The highest BCUT2D eigenvalue weighted by Crippen LogP contribution is 2.69. The number of anilines is 1. The van der Waals surface area contributed by atoms with Gasteiger partial charge in [-0.25, -0.2) is 0 Å². The molecule has 1 heterocycles. The van der Waals surface area contributed by atoms with Gasteiger partial charge in [-0.1, -0.05) is 55.0 Å². The highest BCUT2D eigenvalue weighted by atomic mass is 127. The topological polar surface area (TPSA) is 66.5 Å². The molecule has 0 unspecified atom stereocenters. The van der Waals surface area contributed by atoms with E-state index in [9.17, 15) is 14.4 Å². The largest absolute Gasteiger partial charge is 0.326 e. The van der Waals surface area contributed by atoms with E-state index in [0.29, 0.717) is 25.7 Å². The zero-order valence-corrected chi connectivity index (χ0v) is 24.1. The maximum absolute atomic E-state index is 13.8. The van der Waals surface area contributed by atoms with Gasteiger partial charge in [0.1, 0.15) is 9.75 Å². The van der Waals surface area contributed by atoms with Gasteiger partial charge in [0.2, 0.25) is 17.7 Å². The molecule has 0 radical (unpaired) electrons. The van der Waals surface area contributed by atoms with Gasteiger partial charge in [-0.05, 0) is 82.0 Å². The van der Waals surface area contributed by atoms with E-state index in [4.69, 9.17) is 23.2 Å². The number of unbranched alkanes of at least 4 members (excludes halogenated alkanes) is 2. The van der Waals surface area contributed by atoms with E-state index in [1.807, 2.05) is 72.8 Å². The third kappa shape index (κ3) is 3.74. The Kier molecular flexibility index (Phi) is 6.56. The molecule has 3 amide bonds. The average molecular weight is 659 g/mol. The number of hydrogen-bond acceptors (Lipinski definition) is 3. The molecular formula is C30H25Cl2IN2O3. The fraction of sp³-hybridized carbons (Fsp3) is 0.300. The molecule has 1 fully saturated rings. The number of amides is 3. The summed E-state index contributed by atoms with van der Waals surface area (Å²) in [4.78, 5) is 39.0. The molecule has 0 aromatic heterocycles. The van der Waals surface area contributed by atoms with Crippen LogP contribution in [0.1, 0.15) is 47.9 Å². The zero-order chi connectivity index (χ0) is 26.7. The minimum Gasteiger partial charge on any atom is -0.326 e. The number of nitrogens with one attached hydrogen (secondary N) is 1. The van der Waals surface area contributed by atoms with Crippen LogP contribution in [0.25, 0.3) is 0 Å². The summed E-state index contributed by atoms with van der Waals surface area (Å²) in [5, 5.41) is 2.90. The van der Waals surface area contributed by atoms with Gasteiger partial charge in [-0.15, -0.1) is 23.2 Å². The van der Waals surface area contributed by atoms with E-state index >= 15 is 0 Å². The maximum atomic E-state index is 13.8. The van der Waals surface area contributed by atoms with Gasteiger partial charge in [0.15, 0.2) is 0 Å². The fourth-order valence-electron chi connectivity index (χ4n) is 6.43. The van der Waals surface area contributed by atoms with Crippen LogP contribution in [0.15, 0.2) is 72.8 Å². The normalized spacial score (nSPS) is 26.7. The number of carbonyl (C=O) groups excluding carboxylic acids is 3. The molecule has 4 aliphatic rings. The Hall–Kier alpha value is -2.42. The lowest BCUT2D eigenvalue weighted by Gasteiger charge is -2.54. The van der Waals surface area contributed by atoms with Crippen molar-refractivity contribution in [2.24, 2.45) is 11.8 Å². The van der Waals surface area contributed by atoms with Gasteiger partial charge in [0.25, 0.3) is 0 Å². The minimum absolute atomic E-state index is 0.0502. The number of likely N-dealkylation sites (tertiary alicyclic amines) is 1. The third-order valence-electron chi connectivity index (χ3n) is 8.09. The van der Waals surface area contributed by atoms with Crippen molar-refractivity contribution < 1.29 is 14.4 Å². The molecule has 3 aromatic carbocycles. The molecule has 194 valence electrons. The average Bonchev–Trinajstić information content (AvgIpc) is 3.19. The van der Waals surface area contributed by atoms with E-state index in [1.165, 1.54) is 4.90 Å². The van der Waals surface area contributed by atoms with Crippen molar-refractivity contribution in [2.75, 3.05) is 11.9 Å². The number of alkyl halides is 2. The Labute approximate surface area is 245 Å². The van der Waals surface area contributed by atoms with Gasteiger partial charge < -0.3 is 5.32 Å². The lowest BCUT2D eigenvalue weighted by atomic mass is 9.54. The molecule has 3 aromatic rings. The summed E-state index contributed by atoms with van der Waals surface area (Å²) in [6.45, 7) is 0.288. The molecular weight excluding hydrogens is 634 g/mol. The second kappa shape index (κ2) is 9.65. The number of benzene rings is 3. The monoisotopic (exact) mass is 658 g/mol. The van der Waals surface area contributed by atoms with Crippen LogP contribution in [0.4, 0.5) is 5.69 Å². The first-order valence-electron chi connectivity index (χ1n) is 12.8. The molecule has 1 saturated heterocycles. The summed E-state index contributed by atoms with van der Waals surface area (Å²) in [7, 11) is 0. The first-order valence-corrected chi connectivity index (χ1v) is 14.6. The summed E-state index contributed by atoms with van der Waals surface area (Å²) in [5.41, 5.74) is 3.99. The first-order chi connectivity index (χ1) is 18.3. The van der Waals surface area contributed by atoms with Crippen LogP contribution in [0.2, 0.25) is 0 Å². The molecule has 7 rings (SSSR count). The lowest BCUT2D eigenvalue weighted by molar-refractivity contribution is -0.140. The minimum atomic E-state index is -1.15. The van der Waals surface area contributed by atoms with Gasteiger partial charge in [-0.3, -0.25) is 19.3 Å². The Morgan fingerprint density at radius 2 is 1.24 bits per heavy atom. The molecule has 1 aliphatic heterocycles. The molecule has 38 heavy (non-hydrogen) atoms. The van der Waals surface area contributed by atoms with Crippen LogP contribution in [0, 0.1) is 15.4 Å². The fourth-order valence-corrected chi connectivity index (χ4v) is 7.89. The molecule has 1 N–H and O–H groups in total.